The number of halogens is 1. The first-order valence-corrected chi connectivity index (χ1v) is 7.31. The van der Waals surface area contributed by atoms with Crippen molar-refractivity contribution >= 4 is 16.8 Å². The first-order chi connectivity index (χ1) is 11.1. The summed E-state index contributed by atoms with van der Waals surface area (Å²) >= 11 is 0. The van der Waals surface area contributed by atoms with Crippen LogP contribution in [-0.4, -0.2) is 15.9 Å². The molecule has 3 rings (SSSR count). The van der Waals surface area contributed by atoms with Gasteiger partial charge in [0.05, 0.1) is 5.52 Å². The van der Waals surface area contributed by atoms with Crippen LogP contribution in [0, 0.1) is 19.7 Å². The summed E-state index contributed by atoms with van der Waals surface area (Å²) in [5, 5.41) is 3.76. The maximum Gasteiger partial charge on any atom is 0.270 e. The van der Waals surface area contributed by atoms with Crippen LogP contribution >= 0.6 is 0 Å². The number of nitrogens with zero attached hydrogens (tertiary/aromatic N) is 2. The molecule has 0 saturated carbocycles. The number of aryl methyl sites for hydroxylation is 2. The third-order valence-electron chi connectivity index (χ3n) is 3.77. The third kappa shape index (κ3) is 3.04. The van der Waals surface area contributed by atoms with Crippen LogP contribution in [0.1, 0.15) is 27.3 Å². The van der Waals surface area contributed by atoms with Crippen molar-refractivity contribution < 1.29 is 9.18 Å². The number of rotatable bonds is 3. The van der Waals surface area contributed by atoms with Gasteiger partial charge < -0.3 is 5.32 Å². The first kappa shape index (κ1) is 15.1. The molecular formula is C18H16FN3O. The fourth-order valence-electron chi connectivity index (χ4n) is 2.51. The van der Waals surface area contributed by atoms with E-state index in [1.165, 1.54) is 12.1 Å². The van der Waals surface area contributed by atoms with Gasteiger partial charge in [0.15, 0.2) is 0 Å². The average molecular weight is 309 g/mol. The summed E-state index contributed by atoms with van der Waals surface area (Å²) in [5.41, 5.74) is 3.50. The molecule has 3 aromatic rings. The molecule has 0 aliphatic rings. The highest BCUT2D eigenvalue weighted by atomic mass is 19.1. The first-order valence-electron chi connectivity index (χ1n) is 7.31. The number of pyridine rings is 2. The highest BCUT2D eigenvalue weighted by Gasteiger charge is 2.15. The van der Waals surface area contributed by atoms with Crippen LogP contribution in [0.4, 0.5) is 4.39 Å². The molecule has 0 aliphatic heterocycles. The molecule has 4 nitrogen and oxygen atoms in total. The predicted molar refractivity (Wildman–Crippen MR) is 86.6 cm³/mol. The quantitative estimate of drug-likeness (QED) is 0.807. The average Bonchev–Trinajstić information content (AvgIpc) is 2.57. The molecule has 116 valence electrons. The maximum absolute atomic E-state index is 12.9. The lowest BCUT2D eigenvalue weighted by Crippen LogP contribution is -2.25. The van der Waals surface area contributed by atoms with Gasteiger partial charge >= 0.3 is 0 Å². The zero-order chi connectivity index (χ0) is 16.4. The van der Waals surface area contributed by atoms with Gasteiger partial charge in [-0.2, -0.15) is 0 Å². The van der Waals surface area contributed by atoms with E-state index in [4.69, 9.17) is 0 Å². The molecule has 0 saturated heterocycles. The van der Waals surface area contributed by atoms with Gasteiger partial charge in [-0.1, -0.05) is 12.1 Å². The monoisotopic (exact) mass is 309 g/mol. The van der Waals surface area contributed by atoms with Gasteiger partial charge in [0.2, 0.25) is 0 Å². The van der Waals surface area contributed by atoms with Crippen LogP contribution in [0.5, 0.6) is 0 Å². The second-order valence-corrected chi connectivity index (χ2v) is 5.38. The van der Waals surface area contributed by atoms with E-state index in [2.05, 4.69) is 15.3 Å². The molecule has 5 heteroatoms. The van der Waals surface area contributed by atoms with Gasteiger partial charge in [0, 0.05) is 29.4 Å². The van der Waals surface area contributed by atoms with Crippen molar-refractivity contribution in [1.82, 2.24) is 15.3 Å². The topological polar surface area (TPSA) is 54.9 Å². The Labute approximate surface area is 133 Å². The summed E-state index contributed by atoms with van der Waals surface area (Å²) in [7, 11) is 0. The third-order valence-corrected chi connectivity index (χ3v) is 3.77. The summed E-state index contributed by atoms with van der Waals surface area (Å²) in [6.07, 6.45) is 1.70. The van der Waals surface area contributed by atoms with E-state index in [-0.39, 0.29) is 11.7 Å². The van der Waals surface area contributed by atoms with Gasteiger partial charge in [-0.25, -0.2) is 9.37 Å². The van der Waals surface area contributed by atoms with E-state index in [1.807, 2.05) is 26.0 Å². The Kier molecular flexibility index (Phi) is 4.02. The smallest absolute Gasteiger partial charge is 0.270 e. The minimum atomic E-state index is -0.297. The Morgan fingerprint density at radius 1 is 1.17 bits per heavy atom. The molecule has 1 aromatic carbocycles. The Balaban J connectivity index is 1.86. The molecule has 1 amide bonds. The number of aromatic nitrogens is 2. The van der Waals surface area contributed by atoms with Crippen LogP contribution in [-0.2, 0) is 6.54 Å². The molecule has 0 unspecified atom stereocenters. The van der Waals surface area contributed by atoms with Crippen LogP contribution in [0.25, 0.3) is 10.9 Å². The number of hydrogen-bond donors (Lipinski definition) is 1. The Bertz CT molecular complexity index is 875. The second-order valence-electron chi connectivity index (χ2n) is 5.38. The Morgan fingerprint density at radius 3 is 2.65 bits per heavy atom. The number of amides is 1. The lowest BCUT2D eigenvalue weighted by Gasteiger charge is -2.11. The summed E-state index contributed by atoms with van der Waals surface area (Å²) < 4.78 is 12.9. The summed E-state index contributed by atoms with van der Waals surface area (Å²) in [4.78, 5) is 21.2. The van der Waals surface area contributed by atoms with Crippen molar-refractivity contribution in [2.24, 2.45) is 0 Å². The molecule has 23 heavy (non-hydrogen) atoms. The Hall–Kier alpha value is -2.82. The number of nitrogens with one attached hydrogen (secondary N) is 1. The SMILES string of the molecule is Cc1nc(C(=O)NCc2ccc(F)cc2)c(C)c2ncccc12. The molecule has 0 spiro atoms. The van der Waals surface area contributed by atoms with E-state index in [9.17, 15) is 9.18 Å². The predicted octanol–water partition coefficient (Wildman–Crippen LogP) is 3.32. The summed E-state index contributed by atoms with van der Waals surface area (Å²) in [5.74, 6) is -0.559. The molecule has 1 N–H and O–H groups in total. The minimum Gasteiger partial charge on any atom is -0.347 e. The number of hydrogen-bond acceptors (Lipinski definition) is 3. The molecular weight excluding hydrogens is 293 g/mol. The largest absolute Gasteiger partial charge is 0.347 e. The van der Waals surface area contributed by atoms with Crippen molar-refractivity contribution in [3.63, 3.8) is 0 Å². The van der Waals surface area contributed by atoms with Gasteiger partial charge in [0.25, 0.3) is 5.91 Å². The molecule has 2 aromatic heterocycles. The van der Waals surface area contributed by atoms with Gasteiger partial charge in [-0.05, 0) is 43.7 Å². The fraction of sp³-hybridized carbons (Fsp3) is 0.167. The zero-order valence-corrected chi connectivity index (χ0v) is 12.9. The number of fused-ring (bicyclic) bond motifs is 1. The van der Waals surface area contributed by atoms with Gasteiger partial charge in [-0.3, -0.25) is 9.78 Å². The highest BCUT2D eigenvalue weighted by Crippen LogP contribution is 2.20. The van der Waals surface area contributed by atoms with Crippen molar-refractivity contribution in [2.45, 2.75) is 20.4 Å². The highest BCUT2D eigenvalue weighted by molar-refractivity contribution is 5.98. The number of benzene rings is 1. The van der Waals surface area contributed by atoms with Gasteiger partial charge in [0.1, 0.15) is 11.5 Å². The van der Waals surface area contributed by atoms with Crippen molar-refractivity contribution in [1.29, 1.82) is 0 Å². The summed E-state index contributed by atoms with van der Waals surface area (Å²) in [6, 6.07) is 9.82. The number of carbonyl (C=O) groups excluding carboxylic acids is 1. The van der Waals surface area contributed by atoms with Crippen LogP contribution in [0.3, 0.4) is 0 Å². The van der Waals surface area contributed by atoms with E-state index < -0.39 is 0 Å². The minimum absolute atomic E-state index is 0.262. The van der Waals surface area contributed by atoms with Crippen LogP contribution in [0.2, 0.25) is 0 Å². The fourth-order valence-corrected chi connectivity index (χ4v) is 2.51. The van der Waals surface area contributed by atoms with Crippen molar-refractivity contribution in [3.05, 3.63) is 70.9 Å². The van der Waals surface area contributed by atoms with E-state index >= 15 is 0 Å². The Morgan fingerprint density at radius 2 is 1.91 bits per heavy atom. The van der Waals surface area contributed by atoms with Crippen molar-refractivity contribution in [2.75, 3.05) is 0 Å². The lowest BCUT2D eigenvalue weighted by molar-refractivity contribution is 0.0945. The molecule has 0 aliphatic carbocycles. The maximum atomic E-state index is 12.9. The normalized spacial score (nSPS) is 10.7. The van der Waals surface area contributed by atoms with Crippen LogP contribution < -0.4 is 5.32 Å². The second kappa shape index (κ2) is 6.12. The molecule has 0 atom stereocenters. The zero-order valence-electron chi connectivity index (χ0n) is 12.9. The summed E-state index contributed by atoms with van der Waals surface area (Å²) in [6.45, 7) is 4.02. The lowest BCUT2D eigenvalue weighted by atomic mass is 10.1. The number of carbonyl (C=O) groups is 1. The standard InChI is InChI=1S/C18H16FN3O/c1-11-16-15(4-3-9-20-16)12(2)22-17(11)18(23)21-10-13-5-7-14(19)8-6-13/h3-9H,10H2,1-2H3,(H,21,23). The molecule has 0 radical (unpaired) electrons. The molecule has 0 bridgehead atoms. The van der Waals surface area contributed by atoms with Crippen LogP contribution in [0.15, 0.2) is 42.6 Å². The van der Waals surface area contributed by atoms with Gasteiger partial charge in [-0.15, -0.1) is 0 Å². The van der Waals surface area contributed by atoms with E-state index in [0.717, 1.165) is 27.7 Å². The molecule has 0 fully saturated rings. The molecule has 2 heterocycles. The van der Waals surface area contributed by atoms with Crippen molar-refractivity contribution in [3.8, 4) is 0 Å². The van der Waals surface area contributed by atoms with E-state index in [0.29, 0.717) is 12.2 Å². The van der Waals surface area contributed by atoms with E-state index in [1.54, 1.807) is 18.3 Å².